The Morgan fingerprint density at radius 2 is 1.77 bits per heavy atom. The Balaban J connectivity index is 1.52. The van der Waals surface area contributed by atoms with E-state index in [1.165, 1.54) is 42.8 Å². The molecule has 0 aromatic heterocycles. The minimum absolute atomic E-state index is 0.166. The first-order valence-electron chi connectivity index (χ1n) is 9.19. The van der Waals surface area contributed by atoms with Crippen LogP contribution in [0.5, 0.6) is 5.75 Å². The fraction of sp³-hybridized carbons (Fsp3) is 0.381. The first-order chi connectivity index (χ1) is 12.7. The Morgan fingerprint density at radius 1 is 1.12 bits per heavy atom. The van der Waals surface area contributed by atoms with Crippen molar-refractivity contribution in [2.75, 3.05) is 18.0 Å². The number of anilines is 1. The second kappa shape index (κ2) is 8.70. The van der Waals surface area contributed by atoms with E-state index in [0.29, 0.717) is 18.7 Å². The summed E-state index contributed by atoms with van der Waals surface area (Å²) in [5.41, 5.74) is 2.29. The van der Waals surface area contributed by atoms with E-state index in [9.17, 15) is 9.18 Å². The van der Waals surface area contributed by atoms with Crippen molar-refractivity contribution in [3.8, 4) is 5.75 Å². The molecule has 1 atom stereocenters. The number of benzene rings is 2. The second-order valence-corrected chi connectivity index (χ2v) is 6.55. The van der Waals surface area contributed by atoms with Gasteiger partial charge in [-0.15, -0.1) is 0 Å². The normalized spacial score (nSPS) is 14.9. The third kappa shape index (κ3) is 4.75. The molecule has 2 aromatic carbocycles. The number of nitrogens with one attached hydrogen (secondary N) is 1. The molecule has 1 aliphatic rings. The highest BCUT2D eigenvalue weighted by Gasteiger charge is 2.18. The molecule has 0 bridgehead atoms. The van der Waals surface area contributed by atoms with Crippen molar-refractivity contribution >= 4 is 11.6 Å². The fourth-order valence-corrected chi connectivity index (χ4v) is 3.10. The SMILES string of the molecule is CC[C@H](Oc1ccc(F)cc1)C(=O)NCc1ccc(N2CCCC2)cc1. The minimum atomic E-state index is -0.593. The lowest BCUT2D eigenvalue weighted by atomic mass is 10.2. The standard InChI is InChI=1S/C21H25FN2O2/c1-2-20(26-19-11-7-17(22)8-12-19)21(25)23-15-16-5-9-18(10-6-16)24-13-3-4-14-24/h5-12,20H,2-4,13-15H2,1H3,(H,23,25)/t20-/m0/s1. The van der Waals surface area contributed by atoms with Crippen molar-refractivity contribution in [3.63, 3.8) is 0 Å². The van der Waals surface area contributed by atoms with Gasteiger partial charge in [0, 0.05) is 25.3 Å². The summed E-state index contributed by atoms with van der Waals surface area (Å²) < 4.78 is 18.6. The summed E-state index contributed by atoms with van der Waals surface area (Å²) in [7, 11) is 0. The summed E-state index contributed by atoms with van der Waals surface area (Å²) in [6.45, 7) is 4.59. The summed E-state index contributed by atoms with van der Waals surface area (Å²) in [5.74, 6) is -0.00367. The number of amides is 1. The van der Waals surface area contributed by atoms with Crippen molar-refractivity contribution in [2.24, 2.45) is 0 Å². The summed E-state index contributed by atoms with van der Waals surface area (Å²) in [5, 5.41) is 2.92. The molecule has 26 heavy (non-hydrogen) atoms. The average molecular weight is 356 g/mol. The largest absolute Gasteiger partial charge is 0.481 e. The zero-order valence-corrected chi connectivity index (χ0v) is 15.1. The Kier molecular flexibility index (Phi) is 6.10. The maximum Gasteiger partial charge on any atom is 0.261 e. The van der Waals surface area contributed by atoms with E-state index in [2.05, 4.69) is 34.5 Å². The molecule has 1 amide bonds. The van der Waals surface area contributed by atoms with Crippen LogP contribution in [0, 0.1) is 5.82 Å². The first-order valence-corrected chi connectivity index (χ1v) is 9.19. The van der Waals surface area contributed by atoms with Gasteiger partial charge in [-0.05, 0) is 61.2 Å². The van der Waals surface area contributed by atoms with Crippen LogP contribution in [0.2, 0.25) is 0 Å². The molecule has 0 spiro atoms. The van der Waals surface area contributed by atoms with E-state index in [0.717, 1.165) is 18.7 Å². The number of carbonyl (C=O) groups is 1. The Labute approximate surface area is 154 Å². The number of rotatable bonds is 7. The minimum Gasteiger partial charge on any atom is -0.481 e. The third-order valence-electron chi connectivity index (χ3n) is 4.63. The van der Waals surface area contributed by atoms with Crippen LogP contribution in [0.15, 0.2) is 48.5 Å². The van der Waals surface area contributed by atoms with Gasteiger partial charge >= 0.3 is 0 Å². The van der Waals surface area contributed by atoms with Gasteiger partial charge in [0.05, 0.1) is 0 Å². The third-order valence-corrected chi connectivity index (χ3v) is 4.63. The highest BCUT2D eigenvalue weighted by Crippen LogP contribution is 2.20. The van der Waals surface area contributed by atoms with E-state index < -0.39 is 6.10 Å². The molecule has 138 valence electrons. The summed E-state index contributed by atoms with van der Waals surface area (Å²) >= 11 is 0. The Morgan fingerprint density at radius 3 is 2.38 bits per heavy atom. The van der Waals surface area contributed by atoms with Crippen LogP contribution in [0.1, 0.15) is 31.7 Å². The molecule has 3 rings (SSSR count). The van der Waals surface area contributed by atoms with Crippen LogP contribution in [-0.2, 0) is 11.3 Å². The number of ether oxygens (including phenoxy) is 1. The van der Waals surface area contributed by atoms with Crippen LogP contribution in [0.25, 0.3) is 0 Å². The zero-order valence-electron chi connectivity index (χ0n) is 15.1. The number of hydrogen-bond acceptors (Lipinski definition) is 3. The lowest BCUT2D eigenvalue weighted by Gasteiger charge is -2.19. The van der Waals surface area contributed by atoms with Gasteiger partial charge in [-0.3, -0.25) is 4.79 Å². The van der Waals surface area contributed by atoms with Gasteiger partial charge in [-0.25, -0.2) is 4.39 Å². The van der Waals surface area contributed by atoms with E-state index in [1.54, 1.807) is 0 Å². The molecule has 1 N–H and O–H groups in total. The molecule has 2 aromatic rings. The monoisotopic (exact) mass is 356 g/mol. The predicted molar refractivity (Wildman–Crippen MR) is 101 cm³/mol. The quantitative estimate of drug-likeness (QED) is 0.818. The van der Waals surface area contributed by atoms with Crippen LogP contribution in [-0.4, -0.2) is 25.1 Å². The average Bonchev–Trinajstić information content (AvgIpc) is 3.21. The van der Waals surface area contributed by atoms with Gasteiger partial charge in [0.15, 0.2) is 6.10 Å². The second-order valence-electron chi connectivity index (χ2n) is 6.55. The van der Waals surface area contributed by atoms with Crippen LogP contribution >= 0.6 is 0 Å². The molecule has 0 radical (unpaired) electrons. The van der Waals surface area contributed by atoms with Crippen LogP contribution in [0.3, 0.4) is 0 Å². The smallest absolute Gasteiger partial charge is 0.261 e. The van der Waals surface area contributed by atoms with Gasteiger partial charge in [0.2, 0.25) is 0 Å². The number of halogens is 1. The molecule has 0 unspecified atom stereocenters. The van der Waals surface area contributed by atoms with E-state index in [-0.39, 0.29) is 11.7 Å². The molecule has 1 heterocycles. The molecule has 4 nitrogen and oxygen atoms in total. The van der Waals surface area contributed by atoms with Gasteiger partial charge in [-0.1, -0.05) is 19.1 Å². The van der Waals surface area contributed by atoms with Gasteiger partial charge < -0.3 is 15.0 Å². The maximum atomic E-state index is 13.0. The van der Waals surface area contributed by atoms with Crippen molar-refractivity contribution in [2.45, 2.75) is 38.8 Å². The Hall–Kier alpha value is -2.56. The van der Waals surface area contributed by atoms with Crippen molar-refractivity contribution in [1.29, 1.82) is 0 Å². The zero-order chi connectivity index (χ0) is 18.4. The summed E-state index contributed by atoms with van der Waals surface area (Å²) in [6, 6.07) is 14.0. The van der Waals surface area contributed by atoms with E-state index in [4.69, 9.17) is 4.74 Å². The van der Waals surface area contributed by atoms with Crippen LogP contribution < -0.4 is 15.0 Å². The molecule has 0 saturated carbocycles. The summed E-state index contributed by atoms with van der Waals surface area (Å²) in [4.78, 5) is 14.8. The first kappa shape index (κ1) is 18.2. The van der Waals surface area contributed by atoms with E-state index in [1.807, 2.05) is 6.92 Å². The van der Waals surface area contributed by atoms with Gasteiger partial charge in [0.25, 0.3) is 5.91 Å². The fourth-order valence-electron chi connectivity index (χ4n) is 3.10. The molecule has 0 aliphatic carbocycles. The van der Waals surface area contributed by atoms with Crippen molar-refractivity contribution in [3.05, 3.63) is 59.9 Å². The molecule has 1 aliphatic heterocycles. The maximum absolute atomic E-state index is 13.0. The van der Waals surface area contributed by atoms with Crippen molar-refractivity contribution in [1.82, 2.24) is 5.32 Å². The molecule has 5 heteroatoms. The van der Waals surface area contributed by atoms with Crippen molar-refractivity contribution < 1.29 is 13.9 Å². The molecular formula is C21H25FN2O2. The van der Waals surface area contributed by atoms with Crippen LogP contribution in [0.4, 0.5) is 10.1 Å². The lowest BCUT2D eigenvalue weighted by molar-refractivity contribution is -0.128. The highest BCUT2D eigenvalue weighted by atomic mass is 19.1. The van der Waals surface area contributed by atoms with E-state index >= 15 is 0 Å². The number of hydrogen-bond donors (Lipinski definition) is 1. The Bertz CT molecular complexity index is 710. The summed E-state index contributed by atoms with van der Waals surface area (Å²) in [6.07, 6.45) is 2.45. The van der Waals surface area contributed by atoms with Gasteiger partial charge in [-0.2, -0.15) is 0 Å². The van der Waals surface area contributed by atoms with Gasteiger partial charge in [0.1, 0.15) is 11.6 Å². The number of carbonyl (C=O) groups excluding carboxylic acids is 1. The predicted octanol–water partition coefficient (Wildman–Crippen LogP) is 3.90. The number of nitrogens with zero attached hydrogens (tertiary/aromatic N) is 1. The molecule has 1 saturated heterocycles. The molecule has 1 fully saturated rings. The molecular weight excluding hydrogens is 331 g/mol. The lowest BCUT2D eigenvalue weighted by Crippen LogP contribution is -2.37. The topological polar surface area (TPSA) is 41.6 Å². The highest BCUT2D eigenvalue weighted by molar-refractivity contribution is 5.81.